The van der Waals surface area contributed by atoms with Crippen molar-refractivity contribution in [1.29, 1.82) is 0 Å². The summed E-state index contributed by atoms with van der Waals surface area (Å²) < 4.78 is 11.3. The summed E-state index contributed by atoms with van der Waals surface area (Å²) in [6.45, 7) is 4.61. The van der Waals surface area contributed by atoms with Gasteiger partial charge in [-0.25, -0.2) is 0 Å². The van der Waals surface area contributed by atoms with E-state index in [2.05, 4.69) is 6.92 Å². The summed E-state index contributed by atoms with van der Waals surface area (Å²) in [5.74, 6) is 0.740. The molecule has 0 spiro atoms. The second-order valence-electron chi connectivity index (χ2n) is 4.97. The van der Waals surface area contributed by atoms with Crippen LogP contribution in [0.15, 0.2) is 0 Å². The van der Waals surface area contributed by atoms with Crippen LogP contribution in [0.4, 0.5) is 0 Å². The van der Waals surface area contributed by atoms with E-state index < -0.39 is 0 Å². The van der Waals surface area contributed by atoms with Crippen LogP contribution in [0.2, 0.25) is 0 Å². The zero-order valence-electron chi connectivity index (χ0n) is 9.71. The quantitative estimate of drug-likeness (QED) is 0.683. The van der Waals surface area contributed by atoms with E-state index in [4.69, 9.17) is 15.2 Å². The highest BCUT2D eigenvalue weighted by Crippen LogP contribution is 2.43. The molecule has 0 bridgehead atoms. The molecule has 2 unspecified atom stereocenters. The average molecular weight is 213 g/mol. The van der Waals surface area contributed by atoms with Crippen LogP contribution < -0.4 is 5.73 Å². The molecule has 1 aliphatic heterocycles. The molecule has 1 saturated heterocycles. The highest BCUT2D eigenvalue weighted by molar-refractivity contribution is 5.03. The van der Waals surface area contributed by atoms with Gasteiger partial charge in [-0.2, -0.15) is 0 Å². The smallest absolute Gasteiger partial charge is 0.0784 e. The molecule has 3 nitrogen and oxygen atoms in total. The van der Waals surface area contributed by atoms with Crippen LogP contribution in [0.3, 0.4) is 0 Å². The van der Waals surface area contributed by atoms with Gasteiger partial charge in [-0.3, -0.25) is 0 Å². The largest absolute Gasteiger partial charge is 0.381 e. The minimum absolute atomic E-state index is 0.102. The van der Waals surface area contributed by atoms with Gasteiger partial charge in [0.25, 0.3) is 0 Å². The lowest BCUT2D eigenvalue weighted by molar-refractivity contribution is 0.0444. The highest BCUT2D eigenvalue weighted by Gasteiger charge is 2.48. The van der Waals surface area contributed by atoms with Crippen molar-refractivity contribution in [3.63, 3.8) is 0 Å². The second kappa shape index (κ2) is 4.81. The van der Waals surface area contributed by atoms with E-state index in [0.717, 1.165) is 45.0 Å². The summed E-state index contributed by atoms with van der Waals surface area (Å²) in [5, 5.41) is 0. The molecule has 1 aliphatic carbocycles. The molecule has 3 heteroatoms. The molecule has 2 fully saturated rings. The van der Waals surface area contributed by atoms with E-state index in [1.807, 2.05) is 0 Å². The van der Waals surface area contributed by atoms with Crippen molar-refractivity contribution in [2.75, 3.05) is 19.8 Å². The number of nitrogens with two attached hydrogens (primary N) is 1. The molecule has 2 N–H and O–H groups in total. The van der Waals surface area contributed by atoms with Crippen LogP contribution in [0.25, 0.3) is 0 Å². The lowest BCUT2D eigenvalue weighted by Gasteiger charge is -2.29. The lowest BCUT2D eigenvalue weighted by atomic mass is 9.86. The van der Waals surface area contributed by atoms with Gasteiger partial charge in [0.05, 0.1) is 6.10 Å². The zero-order valence-corrected chi connectivity index (χ0v) is 9.71. The van der Waals surface area contributed by atoms with Gasteiger partial charge in [0, 0.05) is 25.4 Å². The standard InChI is InChI=1S/C12H23NO2/c1-2-7-14-8-5-12(13)6-9-15-11(12)10-3-4-10/h10-11H,2-9,13H2,1H3. The van der Waals surface area contributed by atoms with Crippen LogP contribution in [0.1, 0.15) is 39.0 Å². The van der Waals surface area contributed by atoms with Gasteiger partial charge in [-0.05, 0) is 38.0 Å². The summed E-state index contributed by atoms with van der Waals surface area (Å²) in [7, 11) is 0. The molecule has 0 aromatic rings. The number of ether oxygens (including phenoxy) is 2. The summed E-state index contributed by atoms with van der Waals surface area (Å²) in [5.41, 5.74) is 6.32. The maximum atomic E-state index is 6.42. The van der Waals surface area contributed by atoms with E-state index in [1.54, 1.807) is 0 Å². The van der Waals surface area contributed by atoms with Crippen LogP contribution in [0, 0.1) is 5.92 Å². The molecular formula is C12H23NO2. The SMILES string of the molecule is CCCOCCC1(N)CCOC1C1CC1. The molecule has 1 saturated carbocycles. The van der Waals surface area contributed by atoms with E-state index in [0.29, 0.717) is 6.10 Å². The van der Waals surface area contributed by atoms with Gasteiger partial charge >= 0.3 is 0 Å². The van der Waals surface area contributed by atoms with E-state index >= 15 is 0 Å². The molecule has 1 heterocycles. The third kappa shape index (κ3) is 2.71. The van der Waals surface area contributed by atoms with Gasteiger partial charge < -0.3 is 15.2 Å². The van der Waals surface area contributed by atoms with Crippen LogP contribution in [-0.4, -0.2) is 31.5 Å². The molecule has 0 amide bonds. The summed E-state index contributed by atoms with van der Waals surface area (Å²) >= 11 is 0. The maximum absolute atomic E-state index is 6.42. The average Bonchev–Trinajstić information content (AvgIpc) is 2.98. The minimum atomic E-state index is -0.102. The summed E-state index contributed by atoms with van der Waals surface area (Å²) in [4.78, 5) is 0. The molecule has 15 heavy (non-hydrogen) atoms. The Bertz CT molecular complexity index is 206. The molecule has 2 atom stereocenters. The van der Waals surface area contributed by atoms with Crippen LogP contribution in [-0.2, 0) is 9.47 Å². The topological polar surface area (TPSA) is 44.5 Å². The van der Waals surface area contributed by atoms with Crippen molar-refractivity contribution in [2.24, 2.45) is 11.7 Å². The monoisotopic (exact) mass is 213 g/mol. The second-order valence-corrected chi connectivity index (χ2v) is 4.97. The number of rotatable bonds is 6. The van der Waals surface area contributed by atoms with Gasteiger partial charge in [-0.1, -0.05) is 6.92 Å². The Morgan fingerprint density at radius 2 is 2.20 bits per heavy atom. The van der Waals surface area contributed by atoms with Gasteiger partial charge in [0.15, 0.2) is 0 Å². The van der Waals surface area contributed by atoms with E-state index in [1.165, 1.54) is 12.8 Å². The lowest BCUT2D eigenvalue weighted by Crippen LogP contribution is -2.49. The van der Waals surface area contributed by atoms with Gasteiger partial charge in [-0.15, -0.1) is 0 Å². The predicted molar refractivity (Wildman–Crippen MR) is 59.7 cm³/mol. The van der Waals surface area contributed by atoms with Crippen molar-refractivity contribution in [3.8, 4) is 0 Å². The molecule has 0 aromatic heterocycles. The van der Waals surface area contributed by atoms with Crippen LogP contribution >= 0.6 is 0 Å². The number of hydrogen-bond donors (Lipinski definition) is 1. The van der Waals surface area contributed by atoms with Crippen molar-refractivity contribution in [2.45, 2.75) is 50.7 Å². The highest BCUT2D eigenvalue weighted by atomic mass is 16.5. The fraction of sp³-hybridized carbons (Fsp3) is 1.00. The molecular weight excluding hydrogens is 190 g/mol. The first-order valence-corrected chi connectivity index (χ1v) is 6.24. The Morgan fingerprint density at radius 1 is 1.40 bits per heavy atom. The van der Waals surface area contributed by atoms with Gasteiger partial charge in [0.1, 0.15) is 0 Å². The Morgan fingerprint density at radius 3 is 2.87 bits per heavy atom. The van der Waals surface area contributed by atoms with Crippen molar-refractivity contribution < 1.29 is 9.47 Å². The number of hydrogen-bond acceptors (Lipinski definition) is 3. The first-order valence-electron chi connectivity index (χ1n) is 6.24. The van der Waals surface area contributed by atoms with Crippen molar-refractivity contribution in [3.05, 3.63) is 0 Å². The third-order valence-electron chi connectivity index (χ3n) is 3.54. The minimum Gasteiger partial charge on any atom is -0.381 e. The van der Waals surface area contributed by atoms with Gasteiger partial charge in [0.2, 0.25) is 0 Å². The zero-order chi connectivity index (χ0) is 10.7. The maximum Gasteiger partial charge on any atom is 0.0784 e. The Hall–Kier alpha value is -0.120. The molecule has 2 rings (SSSR count). The Kier molecular flexibility index (Phi) is 3.65. The summed E-state index contributed by atoms with van der Waals surface area (Å²) in [6.07, 6.45) is 5.96. The Labute approximate surface area is 92.3 Å². The molecule has 0 aromatic carbocycles. The predicted octanol–water partition coefficient (Wildman–Crippen LogP) is 1.70. The first kappa shape index (κ1) is 11.4. The van der Waals surface area contributed by atoms with Crippen molar-refractivity contribution >= 4 is 0 Å². The normalized spacial score (nSPS) is 36.0. The van der Waals surface area contributed by atoms with E-state index in [9.17, 15) is 0 Å². The van der Waals surface area contributed by atoms with E-state index in [-0.39, 0.29) is 5.54 Å². The first-order chi connectivity index (χ1) is 7.26. The van der Waals surface area contributed by atoms with Crippen LogP contribution in [0.5, 0.6) is 0 Å². The molecule has 0 radical (unpaired) electrons. The fourth-order valence-electron chi connectivity index (χ4n) is 2.46. The fourth-order valence-corrected chi connectivity index (χ4v) is 2.46. The van der Waals surface area contributed by atoms with Crippen molar-refractivity contribution in [1.82, 2.24) is 0 Å². The molecule has 2 aliphatic rings. The molecule has 88 valence electrons. The Balaban J connectivity index is 1.76. The summed E-state index contributed by atoms with van der Waals surface area (Å²) in [6, 6.07) is 0. The third-order valence-corrected chi connectivity index (χ3v) is 3.54.